The summed E-state index contributed by atoms with van der Waals surface area (Å²) in [5.74, 6) is 1.13. The van der Waals surface area contributed by atoms with Crippen LogP contribution in [0.25, 0.3) is 23.3 Å². The van der Waals surface area contributed by atoms with E-state index in [1.54, 1.807) is 10.9 Å². The van der Waals surface area contributed by atoms with Crippen molar-refractivity contribution in [3.63, 3.8) is 0 Å². The summed E-state index contributed by atoms with van der Waals surface area (Å²) in [7, 11) is 112. The SMILES string of the molecule is OCCNc1nc(NCc2ccccc2)c2cnn(/C=C/c3ccccc3)c2n1.[SiH3][Si]([SiH3])([SiH3])[Si]([SiH3])([SiH3])[Si]([Si]([Si]([SiH3])([SiH3])[SiH3])([Si]([SiH3])([SiH3])[SiH3])[Si]([SiH3])([SiH3])[SiH3])([Si]([Si]([SiH3])([SiH3])[SiH3])([Si]([SiH3])([SiH3])[SiH3])[Si]([SiH3])([SiH3])[SiH3])[Si]([Si]([Si]([SiH3])([SiH3])[SiH3])([Si]([SiH3])([SiH3])[SiH3])[Si]([SiH3])([SiH3])[SiH3])([Si]([Si]([SiH3])([SiH3])[SiH3])([Si]([SiH3])([SiH3])[SiH3])[Si]([SiH3])([SiH3])[SiH3])[Si]([Si]([SiH3])([SiH3])[SiH3])([Si]([SiH3])([SiH3])[SiH3])[Si]([SiH3])([SiH3])[SiH3]. The summed E-state index contributed by atoms with van der Waals surface area (Å²) in [6.07, 6.45) is -17.4. The fraction of sp³-hybridized carbons (Fsp3) is 0.136. The van der Waals surface area contributed by atoms with Crippen LogP contribution in [0.1, 0.15) is 11.1 Å². The van der Waals surface area contributed by atoms with E-state index in [1.165, 1.54) is 0 Å². The Morgan fingerprint density at radius 2 is 0.592 bits per heavy atom. The zero-order valence-corrected chi connectivity index (χ0v) is 202. The van der Waals surface area contributed by atoms with E-state index in [-0.39, 0.29) is 6.61 Å². The van der Waals surface area contributed by atoms with Gasteiger partial charge in [0.1, 0.15) is 5.82 Å². The second kappa shape index (κ2) is 37.3. The molecular weight excluding hydrogens is 2440 g/mol. The van der Waals surface area contributed by atoms with Crippen molar-refractivity contribution >= 4 is 671 Å². The van der Waals surface area contributed by atoms with E-state index in [0.717, 1.165) is 16.5 Å². The molecule has 103 heavy (non-hydrogen) atoms. The molecule has 4 rings (SSSR count). The molecule has 7 nitrogen and oxygen atoms in total. The van der Waals surface area contributed by atoms with Crippen molar-refractivity contribution in [2.24, 2.45) is 0 Å². The van der Waals surface area contributed by atoms with E-state index in [0.29, 0.717) is 30.5 Å². The number of aliphatic hydroxyl groups is 1. The van der Waals surface area contributed by atoms with Crippen LogP contribution in [0.3, 0.4) is 0 Å². The van der Waals surface area contributed by atoms with Crippen molar-refractivity contribution in [1.82, 2.24) is 19.7 Å². The Morgan fingerprint density at radius 3 is 0.854 bits per heavy atom. The number of nitrogens with zero attached hydrogens (tertiary/aromatic N) is 4. The maximum absolute atomic E-state index is 9.12. The molecule has 4 aromatic rings. The van der Waals surface area contributed by atoms with Gasteiger partial charge in [0.05, 0.1) is 18.2 Å². The lowest BCUT2D eigenvalue weighted by atomic mass is 10.2. The Labute approximate surface area is 790 Å². The maximum Gasteiger partial charge on any atom is 0.226 e. The lowest BCUT2D eigenvalue weighted by Gasteiger charge is -2.98. The van der Waals surface area contributed by atoms with Crippen molar-refractivity contribution in [3.05, 3.63) is 78.0 Å². The Hall–Kier alpha value is 12.3. The highest BCUT2D eigenvalue weighted by Crippen LogP contribution is 2.64. The van der Waals surface area contributed by atoms with Gasteiger partial charge in [-0.3, -0.25) is 0 Å². The first-order valence-corrected chi connectivity index (χ1v) is 286. The van der Waals surface area contributed by atoms with E-state index in [4.69, 9.17) is 5.11 Å². The Morgan fingerprint density at radius 1 is 0.320 bits per heavy atom. The predicted octanol–water partition coefficient (Wildman–Crippen LogP) is -64.9. The highest BCUT2D eigenvalue weighted by atomic mass is 31.1. The second-order valence-electron chi connectivity index (χ2n) is 49.3. The molecular formula is C22H172N6OSi74. The van der Waals surface area contributed by atoms with Crippen molar-refractivity contribution in [1.29, 1.82) is 0 Å². The number of hydrogen-bond donors (Lipinski definition) is 3. The number of nitrogens with one attached hydrogen (secondary N) is 2. The normalized spacial score (nSPS) is 28.4. The molecule has 81 heteroatoms. The smallest absolute Gasteiger partial charge is 0.226 e. The third-order valence-electron chi connectivity index (χ3n) is 27.4. The average molecular weight is 2620 g/mol. The molecule has 0 aliphatic heterocycles. The molecule has 592 valence electrons. The zero-order chi connectivity index (χ0) is 81.9. The van der Waals surface area contributed by atoms with Gasteiger partial charge in [0, 0.05) is 19.3 Å². The van der Waals surface area contributed by atoms with Crippen LogP contribution in [-0.2, 0) is 6.54 Å². The molecule has 0 radical (unpaired) electrons. The van der Waals surface area contributed by atoms with Crippen LogP contribution >= 0.6 is 0 Å². The molecule has 2 aromatic carbocycles. The minimum absolute atomic E-state index is 0.00134. The average Bonchev–Trinajstić information content (AvgIpc) is 0.662. The number of aliphatic hydroxyl groups excluding tert-OH is 1. The lowest BCUT2D eigenvalue weighted by Crippen LogP contribution is -3.36. The molecule has 2 aromatic heterocycles. The van der Waals surface area contributed by atoms with Gasteiger partial charge in [0.25, 0.3) is 0 Å². The van der Waals surface area contributed by atoms with Gasteiger partial charge in [-0.05, 0) is 653 Å². The molecule has 3 N–H and O–H groups in total. The van der Waals surface area contributed by atoms with Crippen LogP contribution in [-0.4, -0.2) is 673 Å². The Bertz CT molecular complexity index is 3170. The van der Waals surface area contributed by atoms with Gasteiger partial charge >= 0.3 is 0 Å². The zero-order valence-electron chi connectivity index (χ0n) is 77.9. The molecule has 0 saturated carbocycles. The largest absolute Gasteiger partial charge is 0.395 e. The highest BCUT2D eigenvalue weighted by molar-refractivity contribution is 8.78. The molecule has 0 bridgehead atoms. The fourth-order valence-electron chi connectivity index (χ4n) is 32.7. The van der Waals surface area contributed by atoms with Crippen molar-refractivity contribution in [2.45, 2.75) is 6.54 Å². The standard InChI is InChI=1S/C22H22N6O.H150Si74/c29-14-12-23-22-26-20(24-15-18-9-5-2-6-10-18)19-16-25-28(21(19)27-22)13-11-17-7-3-1-4-8-17;1-51(2,3)67(49,50)73(68(52(4,5)6,53(7,8)9)54(10,11)12,69(55(13,14)15,56(16,17)18)57(19,20)21)74(70(58(22,23)24,59(25,26)27)60(28,29)30,71(61(31,32)33,62(34,35)36)63(37,38)39)72(64(40,41)42,65(43,44)45)66(46,47)48/h1-11,13,16,29H,12,14-15H2,(H2,23,24,26,27);1-50H3/b13-11+;. The van der Waals surface area contributed by atoms with E-state index in [2.05, 4.69) is 526 Å². The first kappa shape index (κ1) is 110. The summed E-state index contributed by atoms with van der Waals surface area (Å²) in [5, 5.41) is 20.8. The summed E-state index contributed by atoms with van der Waals surface area (Å²) in [5.41, 5.74) is 2.91. The number of fused-ring (bicyclic) bond motifs is 1. The second-order valence-corrected chi connectivity index (χ2v) is 1160. The molecule has 0 spiro atoms. The monoisotopic (exact) mass is 2610 g/mol. The molecule has 0 aliphatic carbocycles. The molecule has 0 atom stereocenters. The first-order valence-electron chi connectivity index (χ1n) is 40.2. The minimum atomic E-state index is -1.29. The summed E-state index contributed by atoms with van der Waals surface area (Å²) >= 11 is 0. The van der Waals surface area contributed by atoms with Crippen LogP contribution in [0.15, 0.2) is 66.9 Å². The maximum atomic E-state index is 9.12. The topological polar surface area (TPSA) is 87.9 Å². The predicted molar refractivity (Wildman–Crippen MR) is 751 cm³/mol. The van der Waals surface area contributed by atoms with Crippen LogP contribution in [0.5, 0.6) is 0 Å². The molecule has 0 unspecified atom stereocenters. The van der Waals surface area contributed by atoms with Gasteiger partial charge in [-0.15, -0.1) is 0 Å². The molecule has 2 heterocycles. The number of aromatic nitrogens is 4. The number of rotatable bonds is 31. The third kappa shape index (κ3) is 19.2. The van der Waals surface area contributed by atoms with E-state index >= 15 is 0 Å². The van der Waals surface area contributed by atoms with Crippen LogP contribution in [0.2, 0.25) is 0 Å². The van der Waals surface area contributed by atoms with Gasteiger partial charge < -0.3 is 15.7 Å². The van der Waals surface area contributed by atoms with E-state index in [1.807, 2.05) is 60.8 Å². The van der Waals surface area contributed by atoms with Crippen LogP contribution < -0.4 is 10.6 Å². The van der Waals surface area contributed by atoms with Gasteiger partial charge in [-0.25, -0.2) is 4.68 Å². The minimum Gasteiger partial charge on any atom is -0.395 e. The molecule has 0 saturated heterocycles. The molecule has 0 fully saturated rings. The number of hydrogen-bond acceptors (Lipinski definition) is 6. The Kier molecular flexibility index (Phi) is 39.7. The Balaban J connectivity index is 0.000000774. The summed E-state index contributed by atoms with van der Waals surface area (Å²) in [6, 6.07) is 20.1. The van der Waals surface area contributed by atoms with Crippen LogP contribution in [0, 0.1) is 0 Å². The van der Waals surface area contributed by atoms with Gasteiger partial charge in [0.2, 0.25) is 5.95 Å². The number of benzene rings is 2. The summed E-state index contributed by atoms with van der Waals surface area (Å²) < 4.78 is 1.72. The fourth-order valence-corrected chi connectivity index (χ4v) is 7250. The number of anilines is 2. The first-order chi connectivity index (χ1) is 45.1. The van der Waals surface area contributed by atoms with Gasteiger partial charge in [-0.2, -0.15) is 15.1 Å². The van der Waals surface area contributed by atoms with Gasteiger partial charge in [-0.1, -0.05) is 60.7 Å². The quantitative estimate of drug-likeness (QED) is 0.0435. The lowest BCUT2D eigenvalue weighted by molar-refractivity contribution is 0.311. The molecule has 0 aliphatic rings. The van der Waals surface area contributed by atoms with Crippen molar-refractivity contribution in [3.8, 4) is 0 Å². The van der Waals surface area contributed by atoms with E-state index < -0.39 is 147 Å². The highest BCUT2D eigenvalue weighted by Gasteiger charge is 3.02. The van der Waals surface area contributed by atoms with Crippen molar-refractivity contribution < 1.29 is 5.11 Å². The third-order valence-corrected chi connectivity index (χ3v) is 1870. The van der Waals surface area contributed by atoms with E-state index in [9.17, 15) is 0 Å². The summed E-state index contributed by atoms with van der Waals surface area (Å²) in [4.78, 5) is 9.14. The van der Waals surface area contributed by atoms with Gasteiger partial charge in [0.15, 0.2) is 5.65 Å². The van der Waals surface area contributed by atoms with Crippen LogP contribution in [0.4, 0.5) is 11.8 Å². The molecule has 0 amide bonds. The van der Waals surface area contributed by atoms with Crippen molar-refractivity contribution in [2.75, 3.05) is 23.8 Å². The summed E-state index contributed by atoms with van der Waals surface area (Å²) in [6.45, 7) is 1.01.